The predicted molar refractivity (Wildman–Crippen MR) is 70.3 cm³/mol. The fourth-order valence-corrected chi connectivity index (χ4v) is 3.36. The molecule has 0 bridgehead atoms. The van der Waals surface area contributed by atoms with E-state index in [9.17, 15) is 4.79 Å². The molecule has 0 aliphatic heterocycles. The Balaban J connectivity index is 1.83. The van der Waals surface area contributed by atoms with Crippen LogP contribution < -0.4 is 0 Å². The summed E-state index contributed by atoms with van der Waals surface area (Å²) in [4.78, 5) is 13.6. The lowest BCUT2D eigenvalue weighted by Crippen LogP contribution is -2.07. The van der Waals surface area contributed by atoms with Gasteiger partial charge in [-0.1, -0.05) is 6.07 Å². The van der Waals surface area contributed by atoms with Crippen molar-refractivity contribution in [1.29, 1.82) is 0 Å². The van der Waals surface area contributed by atoms with Gasteiger partial charge in [-0.3, -0.25) is 4.79 Å². The van der Waals surface area contributed by atoms with Crippen molar-refractivity contribution in [2.24, 2.45) is 0 Å². The molecule has 0 saturated carbocycles. The molecule has 0 radical (unpaired) electrons. The molecule has 2 rings (SSSR count). The Morgan fingerprint density at radius 3 is 2.81 bits per heavy atom. The third-order valence-electron chi connectivity index (χ3n) is 1.93. The summed E-state index contributed by atoms with van der Waals surface area (Å²) < 4.78 is 6.21. The van der Waals surface area contributed by atoms with Crippen molar-refractivity contribution in [1.82, 2.24) is 0 Å². The summed E-state index contributed by atoms with van der Waals surface area (Å²) in [6, 6.07) is 5.84. The van der Waals surface area contributed by atoms with E-state index in [-0.39, 0.29) is 12.4 Å². The van der Waals surface area contributed by atoms with E-state index in [1.165, 1.54) is 11.3 Å². The number of hydrogen-bond acceptors (Lipinski definition) is 4. The zero-order chi connectivity index (χ0) is 11.4. The van der Waals surface area contributed by atoms with Crippen molar-refractivity contribution in [2.75, 3.05) is 6.61 Å². The molecule has 84 valence electrons. The maximum Gasteiger partial charge on any atom is 0.199 e. The van der Waals surface area contributed by atoms with Gasteiger partial charge in [0.2, 0.25) is 0 Å². The average molecular weight is 317 g/mol. The van der Waals surface area contributed by atoms with Crippen LogP contribution in [0.15, 0.2) is 33.4 Å². The molecule has 0 spiro atoms. The van der Waals surface area contributed by atoms with Gasteiger partial charge < -0.3 is 4.74 Å². The highest BCUT2D eigenvalue weighted by Crippen LogP contribution is 2.23. The second-order valence-corrected chi connectivity index (χ2v) is 5.90. The molecule has 0 aromatic carbocycles. The van der Waals surface area contributed by atoms with Crippen molar-refractivity contribution in [3.63, 3.8) is 0 Å². The lowest BCUT2D eigenvalue weighted by molar-refractivity contribution is 0.0735. The molecule has 0 atom stereocenters. The van der Waals surface area contributed by atoms with E-state index in [2.05, 4.69) is 15.9 Å². The van der Waals surface area contributed by atoms with Crippen LogP contribution in [0.5, 0.6) is 0 Å². The van der Waals surface area contributed by atoms with Gasteiger partial charge in [0.1, 0.15) is 6.61 Å². The van der Waals surface area contributed by atoms with Crippen molar-refractivity contribution in [3.8, 4) is 0 Å². The molecule has 16 heavy (non-hydrogen) atoms. The Kier molecular flexibility index (Phi) is 4.29. The van der Waals surface area contributed by atoms with E-state index in [4.69, 9.17) is 4.74 Å². The summed E-state index contributed by atoms with van der Waals surface area (Å²) >= 11 is 6.40. The van der Waals surface area contributed by atoms with Gasteiger partial charge in [-0.25, -0.2) is 0 Å². The first kappa shape index (κ1) is 12.0. The summed E-state index contributed by atoms with van der Waals surface area (Å²) in [6.45, 7) is 0.642. The van der Waals surface area contributed by atoms with Crippen LogP contribution in [0.2, 0.25) is 0 Å². The summed E-state index contributed by atoms with van der Waals surface area (Å²) in [5.41, 5.74) is 0. The van der Waals surface area contributed by atoms with Gasteiger partial charge in [-0.15, -0.1) is 22.7 Å². The van der Waals surface area contributed by atoms with Crippen LogP contribution in [0, 0.1) is 0 Å². The van der Waals surface area contributed by atoms with Gasteiger partial charge in [0, 0.05) is 9.35 Å². The van der Waals surface area contributed by atoms with Crippen LogP contribution in [-0.4, -0.2) is 12.4 Å². The van der Waals surface area contributed by atoms with E-state index in [1.54, 1.807) is 11.3 Å². The third kappa shape index (κ3) is 3.01. The van der Waals surface area contributed by atoms with Gasteiger partial charge >= 0.3 is 0 Å². The van der Waals surface area contributed by atoms with Crippen LogP contribution >= 0.6 is 38.6 Å². The monoisotopic (exact) mass is 316 g/mol. The second-order valence-electron chi connectivity index (χ2n) is 3.09. The quantitative estimate of drug-likeness (QED) is 0.780. The van der Waals surface area contributed by atoms with Gasteiger partial charge in [-0.2, -0.15) is 0 Å². The van der Waals surface area contributed by atoms with Crippen molar-refractivity contribution in [3.05, 3.63) is 43.2 Å². The van der Waals surface area contributed by atoms with Gasteiger partial charge in [0.25, 0.3) is 0 Å². The van der Waals surface area contributed by atoms with Crippen LogP contribution in [0.4, 0.5) is 0 Å². The fourth-order valence-electron chi connectivity index (χ4n) is 1.20. The standard InChI is InChI=1S/C11H9BrO2S2/c12-9-3-5-16-11(9)10(13)7-14-6-8-2-1-4-15-8/h1-5H,6-7H2. The van der Waals surface area contributed by atoms with Crippen LogP contribution in [-0.2, 0) is 11.3 Å². The van der Waals surface area contributed by atoms with E-state index in [0.29, 0.717) is 6.61 Å². The Morgan fingerprint density at radius 1 is 1.31 bits per heavy atom. The highest BCUT2D eigenvalue weighted by Gasteiger charge is 2.11. The number of halogens is 1. The molecular weight excluding hydrogens is 308 g/mol. The smallest absolute Gasteiger partial charge is 0.199 e. The number of carbonyl (C=O) groups excluding carboxylic acids is 1. The molecule has 2 heterocycles. The first-order valence-corrected chi connectivity index (χ1v) is 7.19. The first-order chi connectivity index (χ1) is 7.77. The minimum Gasteiger partial charge on any atom is -0.368 e. The Morgan fingerprint density at radius 2 is 2.19 bits per heavy atom. The lowest BCUT2D eigenvalue weighted by atomic mass is 10.3. The Labute approximate surface area is 110 Å². The summed E-state index contributed by atoms with van der Waals surface area (Å²) in [5, 5.41) is 3.88. The lowest BCUT2D eigenvalue weighted by Gasteiger charge is -2.00. The number of ketones is 1. The van der Waals surface area contributed by atoms with E-state index < -0.39 is 0 Å². The van der Waals surface area contributed by atoms with Gasteiger partial charge in [-0.05, 0) is 38.8 Å². The first-order valence-electron chi connectivity index (χ1n) is 4.63. The highest BCUT2D eigenvalue weighted by atomic mass is 79.9. The molecule has 0 fully saturated rings. The van der Waals surface area contributed by atoms with E-state index in [0.717, 1.165) is 14.2 Å². The van der Waals surface area contributed by atoms with Crippen LogP contribution in [0.25, 0.3) is 0 Å². The topological polar surface area (TPSA) is 26.3 Å². The minimum absolute atomic E-state index is 0.0263. The molecule has 0 saturated heterocycles. The number of hydrogen-bond donors (Lipinski definition) is 0. The van der Waals surface area contributed by atoms with E-state index in [1.807, 2.05) is 29.0 Å². The largest absolute Gasteiger partial charge is 0.368 e. The normalized spacial score (nSPS) is 10.6. The van der Waals surface area contributed by atoms with Crippen molar-refractivity contribution >= 4 is 44.4 Å². The molecule has 2 aromatic rings. The van der Waals surface area contributed by atoms with Gasteiger partial charge in [0.15, 0.2) is 5.78 Å². The van der Waals surface area contributed by atoms with Crippen LogP contribution in [0.3, 0.4) is 0 Å². The predicted octanol–water partition coefficient (Wildman–Crippen LogP) is 3.97. The molecule has 0 amide bonds. The maximum absolute atomic E-state index is 11.7. The Hall–Kier alpha value is -0.490. The molecule has 0 unspecified atom stereocenters. The number of carbonyl (C=O) groups is 1. The molecule has 2 nitrogen and oxygen atoms in total. The fraction of sp³-hybridized carbons (Fsp3) is 0.182. The molecule has 0 aliphatic carbocycles. The van der Waals surface area contributed by atoms with Gasteiger partial charge in [0.05, 0.1) is 11.5 Å². The molecular formula is C11H9BrO2S2. The van der Waals surface area contributed by atoms with Crippen LogP contribution in [0.1, 0.15) is 14.5 Å². The minimum atomic E-state index is 0.0263. The number of Topliss-reactive ketones (excluding diaryl/α,β-unsaturated/α-hetero) is 1. The zero-order valence-electron chi connectivity index (χ0n) is 8.31. The van der Waals surface area contributed by atoms with E-state index >= 15 is 0 Å². The third-order valence-corrected chi connectivity index (χ3v) is 4.66. The average Bonchev–Trinajstić information content (AvgIpc) is 2.88. The zero-order valence-corrected chi connectivity index (χ0v) is 11.5. The summed E-state index contributed by atoms with van der Waals surface area (Å²) in [5.74, 6) is 0.0263. The maximum atomic E-state index is 11.7. The summed E-state index contributed by atoms with van der Waals surface area (Å²) in [7, 11) is 0. The summed E-state index contributed by atoms with van der Waals surface area (Å²) in [6.07, 6.45) is 0. The SMILES string of the molecule is O=C(COCc1cccs1)c1sccc1Br. The molecule has 5 heteroatoms. The molecule has 2 aromatic heterocycles. The number of thiophene rings is 2. The second kappa shape index (κ2) is 5.72. The highest BCUT2D eigenvalue weighted by molar-refractivity contribution is 9.10. The number of rotatable bonds is 5. The molecule has 0 aliphatic rings. The molecule has 0 N–H and O–H groups in total. The number of ether oxygens (including phenoxy) is 1. The Bertz CT molecular complexity index is 462. The van der Waals surface area contributed by atoms with Crippen molar-refractivity contribution < 1.29 is 9.53 Å². The van der Waals surface area contributed by atoms with Crippen molar-refractivity contribution in [2.45, 2.75) is 6.61 Å².